The number of benzene rings is 1. The molecule has 0 radical (unpaired) electrons. The maximum Gasteiger partial charge on any atom is 0.232 e. The monoisotopic (exact) mass is 291 g/mol. The van der Waals surface area contributed by atoms with Crippen molar-refractivity contribution in [1.82, 2.24) is 0 Å². The predicted molar refractivity (Wildman–Crippen MR) is 72.9 cm³/mol. The predicted octanol–water partition coefficient (Wildman–Crippen LogP) is 1.17. The van der Waals surface area contributed by atoms with E-state index in [1.165, 1.54) is 0 Å². The fraction of sp³-hybridized carbons (Fsp3) is 0.455. The lowest BCUT2D eigenvalue weighted by molar-refractivity contribution is 0.595. The lowest BCUT2D eigenvalue weighted by Gasteiger charge is -2.07. The molecule has 0 aliphatic rings. The Morgan fingerprint density at radius 3 is 2.06 bits per heavy atom. The van der Waals surface area contributed by atoms with Crippen LogP contribution in [0.3, 0.4) is 0 Å². The minimum absolute atomic E-state index is 0.0973. The first-order chi connectivity index (χ1) is 8.18. The summed E-state index contributed by atoms with van der Waals surface area (Å²) in [6, 6.07) is 6.94. The molecule has 0 saturated heterocycles. The van der Waals surface area contributed by atoms with Crippen LogP contribution in [0.1, 0.15) is 12.0 Å². The highest BCUT2D eigenvalue weighted by Gasteiger charge is 2.12. The number of nitrogens with one attached hydrogen (secondary N) is 1. The Labute approximate surface area is 108 Å². The minimum atomic E-state index is -3.48. The van der Waals surface area contributed by atoms with Crippen molar-refractivity contribution < 1.29 is 16.8 Å². The van der Waals surface area contributed by atoms with Crippen molar-refractivity contribution in [3.05, 3.63) is 29.8 Å². The average molecular weight is 291 g/mol. The van der Waals surface area contributed by atoms with Gasteiger partial charge in [-0.1, -0.05) is 17.7 Å². The summed E-state index contributed by atoms with van der Waals surface area (Å²) in [5, 5.41) is 0. The number of sulfonamides is 1. The topological polar surface area (TPSA) is 80.3 Å². The number of aryl methyl sites for hydroxylation is 1. The zero-order valence-electron chi connectivity index (χ0n) is 10.4. The molecular weight excluding hydrogens is 274 g/mol. The van der Waals surface area contributed by atoms with Gasteiger partial charge in [0.1, 0.15) is 9.84 Å². The van der Waals surface area contributed by atoms with Gasteiger partial charge in [0.2, 0.25) is 10.0 Å². The largest absolute Gasteiger partial charge is 0.284 e. The molecule has 0 bridgehead atoms. The molecule has 7 heteroatoms. The van der Waals surface area contributed by atoms with E-state index >= 15 is 0 Å². The molecule has 0 saturated carbocycles. The van der Waals surface area contributed by atoms with E-state index < -0.39 is 19.9 Å². The first-order valence-corrected chi connectivity index (χ1v) is 9.14. The number of hydrogen-bond acceptors (Lipinski definition) is 4. The van der Waals surface area contributed by atoms with E-state index in [2.05, 4.69) is 4.72 Å². The molecule has 0 heterocycles. The second-order valence-electron chi connectivity index (χ2n) is 4.27. The Morgan fingerprint density at radius 2 is 1.56 bits per heavy atom. The molecule has 0 aliphatic carbocycles. The summed E-state index contributed by atoms with van der Waals surface area (Å²) >= 11 is 0. The zero-order chi connectivity index (χ0) is 13.8. The molecule has 1 aromatic rings. The fourth-order valence-corrected chi connectivity index (χ4v) is 3.34. The molecular formula is C11H17NO4S2. The molecule has 102 valence electrons. The van der Waals surface area contributed by atoms with Gasteiger partial charge in [-0.3, -0.25) is 4.72 Å². The van der Waals surface area contributed by atoms with E-state index in [9.17, 15) is 16.8 Å². The molecule has 1 aromatic carbocycles. The lowest BCUT2D eigenvalue weighted by Crippen LogP contribution is -2.18. The Hall–Kier alpha value is -1.08. The van der Waals surface area contributed by atoms with E-state index in [-0.39, 0.29) is 17.9 Å². The van der Waals surface area contributed by atoms with Gasteiger partial charge < -0.3 is 0 Å². The van der Waals surface area contributed by atoms with Gasteiger partial charge >= 0.3 is 0 Å². The van der Waals surface area contributed by atoms with Crippen molar-refractivity contribution >= 4 is 25.5 Å². The smallest absolute Gasteiger partial charge is 0.232 e. The van der Waals surface area contributed by atoms with Gasteiger partial charge in [-0.05, 0) is 25.5 Å². The van der Waals surface area contributed by atoms with Gasteiger partial charge in [0.05, 0.1) is 11.5 Å². The van der Waals surface area contributed by atoms with Crippen LogP contribution in [0.2, 0.25) is 0 Å². The normalized spacial score (nSPS) is 12.3. The quantitative estimate of drug-likeness (QED) is 0.853. The van der Waals surface area contributed by atoms with Crippen molar-refractivity contribution in [3.8, 4) is 0 Å². The van der Waals surface area contributed by atoms with Gasteiger partial charge in [-0.15, -0.1) is 0 Å². The van der Waals surface area contributed by atoms with Crippen LogP contribution >= 0.6 is 0 Å². The second-order valence-corrected chi connectivity index (χ2v) is 8.37. The summed E-state index contributed by atoms with van der Waals surface area (Å²) < 4.78 is 47.5. The van der Waals surface area contributed by atoms with Crippen LogP contribution in [-0.2, 0) is 19.9 Å². The molecule has 0 unspecified atom stereocenters. The number of hydrogen-bond donors (Lipinski definition) is 1. The SMILES string of the molecule is Cc1ccc(NS(=O)(=O)CCCS(C)(=O)=O)cc1. The zero-order valence-corrected chi connectivity index (χ0v) is 12.0. The number of rotatable bonds is 6. The van der Waals surface area contributed by atoms with Crippen LogP contribution in [0.4, 0.5) is 5.69 Å². The third-order valence-corrected chi connectivity index (χ3v) is 4.66. The van der Waals surface area contributed by atoms with Crippen molar-refractivity contribution in [2.45, 2.75) is 13.3 Å². The molecule has 0 aromatic heterocycles. The maximum absolute atomic E-state index is 11.7. The molecule has 1 rings (SSSR count). The van der Waals surface area contributed by atoms with Crippen LogP contribution in [0.25, 0.3) is 0 Å². The Morgan fingerprint density at radius 1 is 1.00 bits per heavy atom. The summed E-state index contributed by atoms with van der Waals surface area (Å²) in [5.41, 5.74) is 1.52. The standard InChI is InChI=1S/C11H17NO4S2/c1-10-4-6-11(7-5-10)12-18(15,16)9-3-8-17(2,13)14/h4-7,12H,3,8-9H2,1-2H3. The highest BCUT2D eigenvalue weighted by molar-refractivity contribution is 7.93. The number of sulfone groups is 1. The van der Waals surface area contributed by atoms with Gasteiger partial charge in [0, 0.05) is 11.9 Å². The molecule has 0 atom stereocenters. The molecule has 1 N–H and O–H groups in total. The third-order valence-electron chi connectivity index (χ3n) is 2.25. The van der Waals surface area contributed by atoms with E-state index in [0.29, 0.717) is 5.69 Å². The highest BCUT2D eigenvalue weighted by atomic mass is 32.2. The van der Waals surface area contributed by atoms with Crippen molar-refractivity contribution in [2.75, 3.05) is 22.5 Å². The Balaban J connectivity index is 2.57. The van der Waals surface area contributed by atoms with Crippen LogP contribution in [0.5, 0.6) is 0 Å². The lowest BCUT2D eigenvalue weighted by atomic mass is 10.2. The summed E-state index contributed by atoms with van der Waals surface area (Å²) in [4.78, 5) is 0. The van der Waals surface area contributed by atoms with E-state index in [1.807, 2.05) is 6.92 Å². The van der Waals surface area contributed by atoms with Crippen molar-refractivity contribution in [1.29, 1.82) is 0 Å². The van der Waals surface area contributed by atoms with Crippen LogP contribution in [0.15, 0.2) is 24.3 Å². The van der Waals surface area contributed by atoms with Crippen LogP contribution < -0.4 is 4.72 Å². The molecule has 0 fully saturated rings. The molecule has 18 heavy (non-hydrogen) atoms. The Bertz CT molecular complexity index is 588. The van der Waals surface area contributed by atoms with Crippen molar-refractivity contribution in [2.24, 2.45) is 0 Å². The van der Waals surface area contributed by atoms with Crippen molar-refractivity contribution in [3.63, 3.8) is 0 Å². The second kappa shape index (κ2) is 5.71. The Kier molecular flexibility index (Phi) is 4.75. The van der Waals surface area contributed by atoms with E-state index in [1.54, 1.807) is 24.3 Å². The van der Waals surface area contributed by atoms with E-state index in [4.69, 9.17) is 0 Å². The third kappa shape index (κ3) is 6.02. The van der Waals surface area contributed by atoms with Gasteiger partial charge in [-0.25, -0.2) is 16.8 Å². The van der Waals surface area contributed by atoms with Gasteiger partial charge in [0.25, 0.3) is 0 Å². The van der Waals surface area contributed by atoms with Gasteiger partial charge in [-0.2, -0.15) is 0 Å². The molecule has 5 nitrogen and oxygen atoms in total. The summed E-state index contributed by atoms with van der Waals surface area (Å²) in [7, 11) is -6.60. The summed E-state index contributed by atoms with van der Waals surface area (Å²) in [6.07, 6.45) is 1.19. The first kappa shape index (κ1) is 15.0. The fourth-order valence-electron chi connectivity index (χ4n) is 1.36. The highest BCUT2D eigenvalue weighted by Crippen LogP contribution is 2.11. The van der Waals surface area contributed by atoms with E-state index in [0.717, 1.165) is 11.8 Å². The molecule has 0 amide bonds. The van der Waals surface area contributed by atoms with Crippen LogP contribution in [-0.4, -0.2) is 34.6 Å². The minimum Gasteiger partial charge on any atom is -0.284 e. The first-order valence-electron chi connectivity index (χ1n) is 5.43. The average Bonchev–Trinajstić information content (AvgIpc) is 2.18. The van der Waals surface area contributed by atoms with Crippen LogP contribution in [0, 0.1) is 6.92 Å². The molecule has 0 aliphatic heterocycles. The van der Waals surface area contributed by atoms with Gasteiger partial charge in [0.15, 0.2) is 0 Å². The molecule has 0 spiro atoms. The number of anilines is 1. The summed E-state index contributed by atoms with van der Waals surface area (Å²) in [6.45, 7) is 1.91. The maximum atomic E-state index is 11.7. The summed E-state index contributed by atoms with van der Waals surface area (Å²) in [5.74, 6) is -0.324.